The third-order valence-corrected chi connectivity index (χ3v) is 5.47. The van der Waals surface area contributed by atoms with Crippen molar-refractivity contribution in [2.45, 2.75) is 18.9 Å². The summed E-state index contributed by atoms with van der Waals surface area (Å²) < 4.78 is 13.5. The highest BCUT2D eigenvalue weighted by Crippen LogP contribution is 2.32. The Morgan fingerprint density at radius 2 is 1.60 bits per heavy atom. The van der Waals surface area contributed by atoms with Crippen LogP contribution in [0.15, 0.2) is 66.7 Å². The fourth-order valence-electron chi connectivity index (χ4n) is 3.60. The summed E-state index contributed by atoms with van der Waals surface area (Å²) in [5, 5.41) is 3.44. The molecule has 4 nitrogen and oxygen atoms in total. The first-order valence-electron chi connectivity index (χ1n) is 9.23. The molecule has 0 aromatic heterocycles. The minimum atomic E-state index is -1.12. The van der Waals surface area contributed by atoms with Crippen LogP contribution < -0.4 is 10.2 Å². The molecule has 1 aliphatic rings. The van der Waals surface area contributed by atoms with Crippen molar-refractivity contribution < 1.29 is 14.0 Å². The summed E-state index contributed by atoms with van der Waals surface area (Å²) in [6, 6.07) is 17.8. The fourth-order valence-corrected chi connectivity index (χ4v) is 4.11. The molecule has 3 aromatic carbocycles. The Bertz CT molecular complexity index is 1130. The number of hydrogen-bond acceptors (Lipinski definition) is 2. The number of nitrogens with zero attached hydrogens (tertiary/aromatic N) is 1. The van der Waals surface area contributed by atoms with Gasteiger partial charge in [0.2, 0.25) is 0 Å². The summed E-state index contributed by atoms with van der Waals surface area (Å²) in [5.41, 5.74) is 1.69. The zero-order valence-corrected chi connectivity index (χ0v) is 17.5. The first-order valence-corrected chi connectivity index (χ1v) is 9.98. The van der Waals surface area contributed by atoms with Crippen molar-refractivity contribution in [3.05, 3.63) is 88.2 Å². The van der Waals surface area contributed by atoms with E-state index in [1.54, 1.807) is 13.0 Å². The summed E-state index contributed by atoms with van der Waals surface area (Å²) in [6.07, 6.45) is 0.297. The van der Waals surface area contributed by atoms with Gasteiger partial charge in [0.05, 0.1) is 5.69 Å². The average molecular weight is 443 g/mol. The Balaban J connectivity index is 1.57. The molecule has 0 saturated carbocycles. The second-order valence-electron chi connectivity index (χ2n) is 7.41. The van der Waals surface area contributed by atoms with Gasteiger partial charge in [-0.15, -0.1) is 0 Å². The lowest BCUT2D eigenvalue weighted by molar-refractivity contribution is -0.121. The Morgan fingerprint density at radius 3 is 2.23 bits per heavy atom. The summed E-state index contributed by atoms with van der Waals surface area (Å²) >= 11 is 12.0. The van der Waals surface area contributed by atoms with Gasteiger partial charge in [-0.3, -0.25) is 4.79 Å². The summed E-state index contributed by atoms with van der Waals surface area (Å²) in [7, 11) is 0. The van der Waals surface area contributed by atoms with Crippen molar-refractivity contribution in [1.82, 2.24) is 5.32 Å². The van der Waals surface area contributed by atoms with Crippen LogP contribution in [0.2, 0.25) is 10.0 Å². The zero-order chi connectivity index (χ0) is 21.5. The number of carbonyl (C=O) groups is 2. The van der Waals surface area contributed by atoms with Gasteiger partial charge in [-0.1, -0.05) is 59.6 Å². The first kappa shape index (κ1) is 20.4. The summed E-state index contributed by atoms with van der Waals surface area (Å²) in [6.45, 7) is 1.68. The molecule has 3 aromatic rings. The van der Waals surface area contributed by atoms with Gasteiger partial charge in [-0.2, -0.15) is 0 Å². The van der Waals surface area contributed by atoms with Crippen LogP contribution in [0.1, 0.15) is 12.5 Å². The van der Waals surface area contributed by atoms with Crippen LogP contribution in [-0.2, 0) is 11.2 Å². The van der Waals surface area contributed by atoms with E-state index in [2.05, 4.69) is 5.32 Å². The monoisotopic (exact) mass is 442 g/mol. The number of halogens is 3. The molecule has 1 aliphatic heterocycles. The van der Waals surface area contributed by atoms with Crippen LogP contribution in [-0.4, -0.2) is 17.5 Å². The Kier molecular flexibility index (Phi) is 5.26. The van der Waals surface area contributed by atoms with Crippen LogP contribution in [0.4, 0.5) is 14.9 Å². The van der Waals surface area contributed by atoms with Crippen LogP contribution in [0.5, 0.6) is 0 Å². The fraction of sp³-hybridized carbons (Fsp3) is 0.130. The van der Waals surface area contributed by atoms with Gasteiger partial charge < -0.3 is 5.32 Å². The summed E-state index contributed by atoms with van der Waals surface area (Å²) in [5.74, 6) is -0.690. The van der Waals surface area contributed by atoms with Gasteiger partial charge in [-0.05, 0) is 53.9 Å². The molecule has 0 aliphatic carbocycles. The van der Waals surface area contributed by atoms with Crippen molar-refractivity contribution in [2.75, 3.05) is 4.90 Å². The number of imide groups is 1. The topological polar surface area (TPSA) is 49.4 Å². The number of rotatable bonds is 4. The van der Waals surface area contributed by atoms with Gasteiger partial charge in [0.15, 0.2) is 0 Å². The standard InChI is InChI=1S/C23H17Cl2FN2O2/c1-23(13-14-5-7-15(8-6-14)16-3-2-4-19(26)9-16)21(29)28(22(30)27-23)20-11-17(24)10-18(25)12-20/h2-12H,13H2,1H3,(H,27,30). The second kappa shape index (κ2) is 7.74. The summed E-state index contributed by atoms with van der Waals surface area (Å²) in [4.78, 5) is 26.7. The van der Waals surface area contributed by atoms with Crippen LogP contribution >= 0.6 is 23.2 Å². The third kappa shape index (κ3) is 3.91. The normalized spacial score (nSPS) is 18.6. The van der Waals surface area contributed by atoms with Gasteiger partial charge in [-0.25, -0.2) is 14.1 Å². The molecule has 30 heavy (non-hydrogen) atoms. The van der Waals surface area contributed by atoms with Gasteiger partial charge in [0.1, 0.15) is 11.4 Å². The van der Waals surface area contributed by atoms with E-state index in [0.717, 1.165) is 21.6 Å². The minimum absolute atomic E-state index is 0.297. The number of amides is 3. The number of hydrogen-bond donors (Lipinski definition) is 1. The third-order valence-electron chi connectivity index (χ3n) is 5.04. The highest BCUT2D eigenvalue weighted by molar-refractivity contribution is 6.35. The van der Waals surface area contributed by atoms with E-state index < -0.39 is 11.6 Å². The molecule has 0 bridgehead atoms. The number of benzene rings is 3. The lowest BCUT2D eigenvalue weighted by atomic mass is 9.91. The van der Waals surface area contributed by atoms with Crippen molar-refractivity contribution in [1.29, 1.82) is 0 Å². The maximum absolute atomic E-state index is 13.5. The lowest BCUT2D eigenvalue weighted by Gasteiger charge is -2.22. The average Bonchev–Trinajstić information content (AvgIpc) is 2.89. The van der Waals surface area contributed by atoms with Crippen LogP contribution in [0.25, 0.3) is 11.1 Å². The van der Waals surface area contributed by atoms with Crippen LogP contribution in [0, 0.1) is 5.82 Å². The molecule has 1 unspecified atom stereocenters. The van der Waals surface area contributed by atoms with E-state index >= 15 is 0 Å². The van der Waals surface area contributed by atoms with Crippen molar-refractivity contribution in [3.63, 3.8) is 0 Å². The van der Waals surface area contributed by atoms with Crippen molar-refractivity contribution in [2.24, 2.45) is 0 Å². The highest BCUT2D eigenvalue weighted by Gasteiger charge is 2.48. The van der Waals surface area contributed by atoms with Gasteiger partial charge >= 0.3 is 6.03 Å². The number of carbonyl (C=O) groups excluding carboxylic acids is 2. The molecule has 3 amide bonds. The molecule has 7 heteroatoms. The maximum atomic E-state index is 13.5. The Labute approximate surface area is 183 Å². The van der Waals surface area contributed by atoms with Crippen molar-refractivity contribution in [3.8, 4) is 11.1 Å². The van der Waals surface area contributed by atoms with Gasteiger partial charge in [0.25, 0.3) is 5.91 Å². The van der Waals surface area contributed by atoms with Gasteiger partial charge in [0, 0.05) is 16.5 Å². The number of nitrogens with one attached hydrogen (secondary N) is 1. The molecule has 1 fully saturated rings. The number of anilines is 1. The molecule has 1 N–H and O–H groups in total. The highest BCUT2D eigenvalue weighted by atomic mass is 35.5. The second-order valence-corrected chi connectivity index (χ2v) is 8.29. The molecule has 0 spiro atoms. The van der Waals surface area contributed by atoms with E-state index in [4.69, 9.17) is 23.2 Å². The van der Waals surface area contributed by atoms with E-state index in [1.807, 2.05) is 30.3 Å². The SMILES string of the molecule is CC1(Cc2ccc(-c3cccc(F)c3)cc2)NC(=O)N(c2cc(Cl)cc(Cl)c2)C1=O. The quantitative estimate of drug-likeness (QED) is 0.514. The molecule has 1 atom stereocenters. The Morgan fingerprint density at radius 1 is 0.933 bits per heavy atom. The van der Waals surface area contributed by atoms with E-state index in [0.29, 0.717) is 22.2 Å². The smallest absolute Gasteiger partial charge is 0.323 e. The molecule has 1 saturated heterocycles. The molecular formula is C23H17Cl2FN2O2. The predicted molar refractivity (Wildman–Crippen MR) is 116 cm³/mol. The predicted octanol–water partition coefficient (Wildman–Crippen LogP) is 5.86. The number of urea groups is 1. The largest absolute Gasteiger partial charge is 0.329 e. The van der Waals surface area contributed by atoms with E-state index in [1.165, 1.54) is 30.3 Å². The lowest BCUT2D eigenvalue weighted by Crippen LogP contribution is -2.46. The minimum Gasteiger partial charge on any atom is -0.323 e. The van der Waals surface area contributed by atoms with E-state index in [9.17, 15) is 14.0 Å². The van der Waals surface area contributed by atoms with Crippen molar-refractivity contribution >= 4 is 40.8 Å². The molecule has 4 rings (SSSR count). The molecular weight excluding hydrogens is 426 g/mol. The molecule has 152 valence electrons. The van der Waals surface area contributed by atoms with E-state index in [-0.39, 0.29) is 11.7 Å². The first-order chi connectivity index (χ1) is 14.2. The Hall–Kier alpha value is -2.89. The van der Waals surface area contributed by atoms with Crippen LogP contribution in [0.3, 0.4) is 0 Å². The zero-order valence-electron chi connectivity index (χ0n) is 16.0. The molecule has 1 heterocycles. The maximum Gasteiger partial charge on any atom is 0.329 e. The molecule has 0 radical (unpaired) electrons.